The smallest absolute Gasteiger partial charge is 0.240 e. The van der Waals surface area contributed by atoms with Crippen molar-refractivity contribution in [3.63, 3.8) is 0 Å². The minimum Gasteiger partial charge on any atom is -0.454 e. The zero-order valence-corrected chi connectivity index (χ0v) is 21.9. The standard InChI is InChI=1S/C29H27F2N5O4/c1-36-16-19(15-33-36)24-14-22(9-12-32-24)40-26-8-7-21(13-23(26)31)34-27(37)29(10-11-29)28(38)35-25(17-39-2)18-3-5-20(30)6-4-18/h3-9,12-16,25H,10-11,17H2,1-2H3,(H,34,37)(H,35,38)/t25-/m0/s1. The number of carbonyl (C=O) groups excluding carboxylic acids is 2. The normalized spacial score (nSPS) is 14.3. The Labute approximate surface area is 229 Å². The number of methoxy groups -OCH3 is 1. The largest absolute Gasteiger partial charge is 0.454 e. The molecule has 1 atom stereocenters. The summed E-state index contributed by atoms with van der Waals surface area (Å²) >= 11 is 0. The van der Waals surface area contributed by atoms with Gasteiger partial charge in [0.15, 0.2) is 11.6 Å². The lowest BCUT2D eigenvalue weighted by Gasteiger charge is -2.22. The van der Waals surface area contributed by atoms with Gasteiger partial charge in [0.25, 0.3) is 0 Å². The predicted molar refractivity (Wildman–Crippen MR) is 142 cm³/mol. The van der Waals surface area contributed by atoms with Crippen molar-refractivity contribution in [1.82, 2.24) is 20.1 Å². The Balaban J connectivity index is 1.24. The summed E-state index contributed by atoms with van der Waals surface area (Å²) in [5.74, 6) is -1.76. The van der Waals surface area contributed by atoms with E-state index >= 15 is 0 Å². The highest BCUT2D eigenvalue weighted by atomic mass is 19.1. The number of halogens is 2. The van der Waals surface area contributed by atoms with Crippen molar-refractivity contribution in [3.05, 3.63) is 90.4 Å². The fourth-order valence-corrected chi connectivity index (χ4v) is 4.29. The van der Waals surface area contributed by atoms with Crippen LogP contribution in [0.2, 0.25) is 0 Å². The van der Waals surface area contributed by atoms with E-state index < -0.39 is 34.9 Å². The van der Waals surface area contributed by atoms with Crippen LogP contribution in [0.25, 0.3) is 11.3 Å². The number of aryl methyl sites for hydroxylation is 1. The molecular formula is C29H27F2N5O4. The lowest BCUT2D eigenvalue weighted by atomic mass is 10.0. The van der Waals surface area contributed by atoms with E-state index in [4.69, 9.17) is 9.47 Å². The van der Waals surface area contributed by atoms with E-state index in [1.54, 1.807) is 54.6 Å². The van der Waals surface area contributed by atoms with Crippen molar-refractivity contribution in [1.29, 1.82) is 0 Å². The number of hydrogen-bond donors (Lipinski definition) is 2. The summed E-state index contributed by atoms with van der Waals surface area (Å²) in [6.45, 7) is 0.142. The molecule has 0 radical (unpaired) electrons. The van der Waals surface area contributed by atoms with Gasteiger partial charge in [0.2, 0.25) is 11.8 Å². The molecule has 0 spiro atoms. The zero-order valence-electron chi connectivity index (χ0n) is 21.9. The van der Waals surface area contributed by atoms with E-state index in [0.717, 1.165) is 11.6 Å². The van der Waals surface area contributed by atoms with Crippen molar-refractivity contribution < 1.29 is 27.8 Å². The van der Waals surface area contributed by atoms with Crippen LogP contribution in [0.1, 0.15) is 24.4 Å². The molecule has 1 saturated carbocycles. The molecule has 1 fully saturated rings. The van der Waals surface area contributed by atoms with Crippen LogP contribution >= 0.6 is 0 Å². The third-order valence-electron chi connectivity index (χ3n) is 6.68. The van der Waals surface area contributed by atoms with Crippen LogP contribution in [0.5, 0.6) is 11.5 Å². The maximum absolute atomic E-state index is 14.9. The molecule has 2 N–H and O–H groups in total. The molecule has 2 aromatic heterocycles. The highest BCUT2D eigenvalue weighted by Gasteiger charge is 2.57. The second-order valence-corrected chi connectivity index (χ2v) is 9.60. The van der Waals surface area contributed by atoms with Gasteiger partial charge < -0.3 is 20.1 Å². The number of anilines is 1. The first-order valence-corrected chi connectivity index (χ1v) is 12.6. The molecule has 9 nitrogen and oxygen atoms in total. The van der Waals surface area contributed by atoms with Gasteiger partial charge in [-0.3, -0.25) is 19.3 Å². The second kappa shape index (κ2) is 11.2. The molecule has 0 bridgehead atoms. The number of benzene rings is 2. The second-order valence-electron chi connectivity index (χ2n) is 9.60. The Hall–Kier alpha value is -4.64. The minimum atomic E-state index is -1.28. The zero-order chi connectivity index (χ0) is 28.3. The van der Waals surface area contributed by atoms with Gasteiger partial charge in [0, 0.05) is 49.9 Å². The first kappa shape index (κ1) is 26.9. The molecule has 4 aromatic rings. The summed E-state index contributed by atoms with van der Waals surface area (Å²) in [5, 5.41) is 9.61. The summed E-state index contributed by atoms with van der Waals surface area (Å²) in [6, 6.07) is 12.4. The molecule has 11 heteroatoms. The molecule has 40 heavy (non-hydrogen) atoms. The van der Waals surface area contributed by atoms with Gasteiger partial charge in [-0.1, -0.05) is 12.1 Å². The molecule has 0 aliphatic heterocycles. The number of ether oxygens (including phenoxy) is 2. The molecule has 2 amide bonds. The molecule has 2 aromatic carbocycles. The number of rotatable bonds is 10. The molecule has 1 aliphatic carbocycles. The SMILES string of the molecule is COC[C@H](NC(=O)C1(C(=O)Nc2ccc(Oc3ccnc(-c4cnn(C)c4)c3)c(F)c2)CC1)c1ccc(F)cc1. The van der Waals surface area contributed by atoms with Crippen LogP contribution in [-0.4, -0.2) is 40.3 Å². The Bertz CT molecular complexity index is 1540. The topological polar surface area (TPSA) is 107 Å². The van der Waals surface area contributed by atoms with E-state index in [0.29, 0.717) is 29.8 Å². The van der Waals surface area contributed by atoms with Crippen LogP contribution in [-0.2, 0) is 21.4 Å². The van der Waals surface area contributed by atoms with Crippen molar-refractivity contribution in [2.75, 3.05) is 19.0 Å². The van der Waals surface area contributed by atoms with Crippen LogP contribution in [0.4, 0.5) is 14.5 Å². The molecule has 0 unspecified atom stereocenters. The van der Waals surface area contributed by atoms with Gasteiger partial charge in [0.1, 0.15) is 17.0 Å². The van der Waals surface area contributed by atoms with Crippen LogP contribution in [0.15, 0.2) is 73.2 Å². The maximum atomic E-state index is 14.9. The molecule has 5 rings (SSSR count). The summed E-state index contributed by atoms with van der Waals surface area (Å²) in [7, 11) is 3.28. The number of amides is 2. The number of hydrogen-bond acceptors (Lipinski definition) is 6. The average molecular weight is 548 g/mol. The third-order valence-corrected chi connectivity index (χ3v) is 6.68. The van der Waals surface area contributed by atoms with Crippen LogP contribution in [0, 0.1) is 17.0 Å². The van der Waals surface area contributed by atoms with E-state index in [-0.39, 0.29) is 18.0 Å². The molecular weight excluding hydrogens is 520 g/mol. The Kier molecular flexibility index (Phi) is 7.56. The van der Waals surface area contributed by atoms with Crippen molar-refractivity contribution >= 4 is 17.5 Å². The van der Waals surface area contributed by atoms with Crippen LogP contribution in [0.3, 0.4) is 0 Å². The van der Waals surface area contributed by atoms with E-state index in [2.05, 4.69) is 20.7 Å². The van der Waals surface area contributed by atoms with E-state index in [1.807, 2.05) is 0 Å². The molecule has 206 valence electrons. The number of nitrogens with one attached hydrogen (secondary N) is 2. The highest BCUT2D eigenvalue weighted by Crippen LogP contribution is 2.47. The van der Waals surface area contributed by atoms with Gasteiger partial charge in [0.05, 0.1) is 24.5 Å². The summed E-state index contributed by atoms with van der Waals surface area (Å²) in [4.78, 5) is 30.5. The first-order chi connectivity index (χ1) is 19.3. The number of pyridine rings is 1. The van der Waals surface area contributed by atoms with Gasteiger partial charge >= 0.3 is 0 Å². The summed E-state index contributed by atoms with van der Waals surface area (Å²) in [6.07, 6.45) is 5.71. The Morgan fingerprint density at radius 1 is 1.07 bits per heavy atom. The molecule has 2 heterocycles. The lowest BCUT2D eigenvalue weighted by molar-refractivity contribution is -0.135. The lowest BCUT2D eigenvalue weighted by Crippen LogP contribution is -2.42. The number of aromatic nitrogens is 3. The van der Waals surface area contributed by atoms with E-state index in [9.17, 15) is 18.4 Å². The number of carbonyl (C=O) groups is 2. The fourth-order valence-electron chi connectivity index (χ4n) is 4.29. The third kappa shape index (κ3) is 5.84. The molecule has 0 saturated heterocycles. The Morgan fingerprint density at radius 2 is 1.85 bits per heavy atom. The quantitative estimate of drug-likeness (QED) is 0.277. The first-order valence-electron chi connectivity index (χ1n) is 12.6. The fraction of sp³-hybridized carbons (Fsp3) is 0.241. The van der Waals surface area contributed by atoms with E-state index in [1.165, 1.54) is 31.4 Å². The van der Waals surface area contributed by atoms with Crippen molar-refractivity contribution in [2.45, 2.75) is 18.9 Å². The van der Waals surface area contributed by atoms with Gasteiger partial charge in [-0.05, 0) is 48.7 Å². The minimum absolute atomic E-state index is 0.0399. The Morgan fingerprint density at radius 3 is 2.50 bits per heavy atom. The van der Waals surface area contributed by atoms with Gasteiger partial charge in [-0.15, -0.1) is 0 Å². The number of nitrogens with zero attached hydrogens (tertiary/aromatic N) is 3. The van der Waals surface area contributed by atoms with Gasteiger partial charge in [-0.2, -0.15) is 5.10 Å². The summed E-state index contributed by atoms with van der Waals surface area (Å²) in [5.41, 5.74) is 0.960. The molecule has 1 aliphatic rings. The van der Waals surface area contributed by atoms with Gasteiger partial charge in [-0.25, -0.2) is 8.78 Å². The highest BCUT2D eigenvalue weighted by molar-refractivity contribution is 6.13. The van der Waals surface area contributed by atoms with Crippen molar-refractivity contribution in [2.24, 2.45) is 12.5 Å². The predicted octanol–water partition coefficient (Wildman–Crippen LogP) is 4.78. The van der Waals surface area contributed by atoms with Crippen molar-refractivity contribution in [3.8, 4) is 22.8 Å². The monoisotopic (exact) mass is 547 g/mol. The summed E-state index contributed by atoms with van der Waals surface area (Å²) < 4.78 is 40.8. The maximum Gasteiger partial charge on any atom is 0.240 e. The average Bonchev–Trinajstić information content (AvgIpc) is 3.65. The van der Waals surface area contributed by atoms with Crippen LogP contribution < -0.4 is 15.4 Å².